The van der Waals surface area contributed by atoms with Crippen molar-refractivity contribution in [1.82, 2.24) is 4.57 Å². The Hall–Kier alpha value is -2.86. The number of nitrogens with zero attached hydrogens (tertiary/aromatic N) is 1. The largest absolute Gasteiger partial charge is 0.454 e. The minimum Gasteiger partial charge on any atom is -0.454 e. The number of aryl methyl sites for hydroxylation is 1. The molecule has 0 aliphatic carbocycles. The van der Waals surface area contributed by atoms with Crippen LogP contribution < -0.4 is 5.76 Å². The van der Waals surface area contributed by atoms with Gasteiger partial charge in [0.05, 0.1) is 11.9 Å². The molecular weight excluding hydrogens is 358 g/mol. The summed E-state index contributed by atoms with van der Waals surface area (Å²) in [4.78, 5) is 36.2. The predicted molar refractivity (Wildman–Crippen MR) is 96.4 cm³/mol. The lowest BCUT2D eigenvalue weighted by Gasteiger charge is -2.12. The van der Waals surface area contributed by atoms with Crippen molar-refractivity contribution in [3.05, 3.63) is 69.7 Å². The molecule has 1 aromatic heterocycles. The molecular formula is C19H16ClNO5. The molecule has 7 heteroatoms. The highest BCUT2D eigenvalue weighted by molar-refractivity contribution is 6.31. The minimum atomic E-state index is -0.946. The average Bonchev–Trinajstić information content (AvgIpc) is 2.94. The molecule has 0 spiro atoms. The molecule has 134 valence electrons. The third kappa shape index (κ3) is 3.86. The van der Waals surface area contributed by atoms with E-state index in [0.29, 0.717) is 21.7 Å². The molecule has 0 radical (unpaired) electrons. The molecule has 1 heterocycles. The van der Waals surface area contributed by atoms with Gasteiger partial charge in [-0.05, 0) is 31.2 Å². The third-order valence-corrected chi connectivity index (χ3v) is 4.13. The van der Waals surface area contributed by atoms with Crippen molar-refractivity contribution in [2.24, 2.45) is 0 Å². The first-order valence-electron chi connectivity index (χ1n) is 8.03. The highest BCUT2D eigenvalue weighted by Gasteiger charge is 2.20. The molecule has 0 fully saturated rings. The van der Waals surface area contributed by atoms with Gasteiger partial charge in [0.15, 0.2) is 11.7 Å². The summed E-state index contributed by atoms with van der Waals surface area (Å²) in [5, 5.41) is 0.431. The minimum absolute atomic E-state index is 0.0589. The number of fused-ring (bicyclic) bond motifs is 1. The van der Waals surface area contributed by atoms with Crippen LogP contribution in [0.2, 0.25) is 5.02 Å². The highest BCUT2D eigenvalue weighted by atomic mass is 35.5. The van der Waals surface area contributed by atoms with Gasteiger partial charge in [-0.2, -0.15) is 0 Å². The average molecular weight is 374 g/mol. The fraction of sp³-hybridized carbons (Fsp3) is 0.211. The molecule has 0 N–H and O–H groups in total. The first-order chi connectivity index (χ1) is 12.5. The van der Waals surface area contributed by atoms with E-state index in [0.717, 1.165) is 0 Å². The van der Waals surface area contributed by atoms with Crippen molar-refractivity contribution in [2.45, 2.75) is 26.0 Å². The summed E-state index contributed by atoms with van der Waals surface area (Å²) in [6, 6.07) is 13.4. The maximum absolute atomic E-state index is 12.3. The fourth-order valence-electron chi connectivity index (χ4n) is 2.61. The number of hydrogen-bond donors (Lipinski definition) is 0. The zero-order valence-electron chi connectivity index (χ0n) is 14.0. The summed E-state index contributed by atoms with van der Waals surface area (Å²) in [7, 11) is 0. The molecule has 26 heavy (non-hydrogen) atoms. The van der Waals surface area contributed by atoms with Crippen molar-refractivity contribution >= 4 is 34.5 Å². The fourth-order valence-corrected chi connectivity index (χ4v) is 2.81. The molecule has 3 aromatic rings. The zero-order valence-corrected chi connectivity index (χ0v) is 14.7. The van der Waals surface area contributed by atoms with Gasteiger partial charge in [0.1, 0.15) is 0 Å². The number of benzene rings is 2. The Morgan fingerprint density at radius 3 is 2.73 bits per heavy atom. The maximum Gasteiger partial charge on any atom is 0.419 e. The van der Waals surface area contributed by atoms with E-state index in [1.165, 1.54) is 17.6 Å². The van der Waals surface area contributed by atoms with Gasteiger partial charge in [-0.1, -0.05) is 35.9 Å². The van der Waals surface area contributed by atoms with Gasteiger partial charge in [-0.3, -0.25) is 14.2 Å². The van der Waals surface area contributed by atoms with Crippen LogP contribution in [0.3, 0.4) is 0 Å². The van der Waals surface area contributed by atoms with Crippen molar-refractivity contribution in [3.63, 3.8) is 0 Å². The Labute approximate surface area is 153 Å². The van der Waals surface area contributed by atoms with E-state index in [1.807, 2.05) is 0 Å². The van der Waals surface area contributed by atoms with E-state index in [4.69, 9.17) is 20.8 Å². The second-order valence-electron chi connectivity index (χ2n) is 5.74. The molecule has 2 aromatic carbocycles. The first kappa shape index (κ1) is 17.9. The summed E-state index contributed by atoms with van der Waals surface area (Å²) in [5.74, 6) is -1.46. The van der Waals surface area contributed by atoms with Gasteiger partial charge in [0, 0.05) is 17.1 Å². The number of ketones is 1. The smallest absolute Gasteiger partial charge is 0.419 e. The second kappa shape index (κ2) is 7.58. The number of carbonyl (C=O) groups is 2. The molecule has 0 aliphatic heterocycles. The summed E-state index contributed by atoms with van der Waals surface area (Å²) < 4.78 is 11.6. The number of oxazole rings is 1. The van der Waals surface area contributed by atoms with Crippen molar-refractivity contribution in [3.8, 4) is 0 Å². The van der Waals surface area contributed by atoms with Crippen LogP contribution in [0.25, 0.3) is 11.1 Å². The summed E-state index contributed by atoms with van der Waals surface area (Å²) in [5.41, 5.74) is 1.43. The topological polar surface area (TPSA) is 78.5 Å². The standard InChI is InChI=1S/C19H16ClNO5/c1-12(18(23)13-5-4-6-14(20)11-13)25-17(22)9-10-21-15-7-2-3-8-16(15)26-19(21)24/h2-8,11-12H,9-10H2,1H3/t12-/m1/s1. The SMILES string of the molecule is C[C@@H](OC(=O)CCn1c(=O)oc2ccccc21)C(=O)c1cccc(Cl)c1. The Kier molecular flexibility index (Phi) is 5.23. The van der Waals surface area contributed by atoms with Crippen LogP contribution >= 0.6 is 11.6 Å². The van der Waals surface area contributed by atoms with E-state index in [9.17, 15) is 14.4 Å². The van der Waals surface area contributed by atoms with Gasteiger partial charge >= 0.3 is 11.7 Å². The number of halogens is 1. The van der Waals surface area contributed by atoms with Crippen molar-refractivity contribution in [2.75, 3.05) is 0 Å². The number of ether oxygens (including phenoxy) is 1. The molecule has 1 atom stereocenters. The van der Waals surface area contributed by atoms with Gasteiger partial charge in [-0.15, -0.1) is 0 Å². The molecule has 0 amide bonds. The number of rotatable bonds is 6. The maximum atomic E-state index is 12.3. The van der Waals surface area contributed by atoms with Crippen LogP contribution in [0.1, 0.15) is 23.7 Å². The number of carbonyl (C=O) groups excluding carboxylic acids is 2. The third-order valence-electron chi connectivity index (χ3n) is 3.90. The van der Waals surface area contributed by atoms with Gasteiger partial charge in [0.2, 0.25) is 5.78 Å². The second-order valence-corrected chi connectivity index (χ2v) is 6.18. The lowest BCUT2D eigenvalue weighted by Crippen LogP contribution is -2.25. The van der Waals surface area contributed by atoms with Crippen LogP contribution in [0.5, 0.6) is 0 Å². The van der Waals surface area contributed by atoms with E-state index < -0.39 is 17.8 Å². The Balaban J connectivity index is 1.62. The lowest BCUT2D eigenvalue weighted by atomic mass is 10.1. The highest BCUT2D eigenvalue weighted by Crippen LogP contribution is 2.15. The number of esters is 1. The Morgan fingerprint density at radius 1 is 1.19 bits per heavy atom. The van der Waals surface area contributed by atoms with Crippen molar-refractivity contribution in [1.29, 1.82) is 0 Å². The molecule has 0 saturated heterocycles. The summed E-state index contributed by atoms with van der Waals surface area (Å²) >= 11 is 5.87. The van der Waals surface area contributed by atoms with Crippen LogP contribution in [0.15, 0.2) is 57.7 Å². The van der Waals surface area contributed by atoms with Gasteiger partial charge in [0.25, 0.3) is 0 Å². The van der Waals surface area contributed by atoms with Crippen LogP contribution in [-0.2, 0) is 16.1 Å². The predicted octanol–water partition coefficient (Wildman–Crippen LogP) is 3.45. The number of aromatic nitrogens is 1. The van der Waals surface area contributed by atoms with Gasteiger partial charge in [-0.25, -0.2) is 4.79 Å². The first-order valence-corrected chi connectivity index (χ1v) is 8.41. The Morgan fingerprint density at radius 2 is 1.96 bits per heavy atom. The van der Waals surface area contributed by atoms with Crippen molar-refractivity contribution < 1.29 is 18.7 Å². The van der Waals surface area contributed by atoms with E-state index >= 15 is 0 Å². The van der Waals surface area contributed by atoms with E-state index in [-0.39, 0.29) is 18.7 Å². The zero-order chi connectivity index (χ0) is 18.7. The monoisotopic (exact) mass is 373 g/mol. The lowest BCUT2D eigenvalue weighted by molar-refractivity contribution is -0.146. The number of para-hydroxylation sites is 2. The quantitative estimate of drug-likeness (QED) is 0.488. The number of hydrogen-bond acceptors (Lipinski definition) is 5. The van der Waals surface area contributed by atoms with E-state index in [2.05, 4.69) is 0 Å². The van der Waals surface area contributed by atoms with Gasteiger partial charge < -0.3 is 9.15 Å². The summed E-state index contributed by atoms with van der Waals surface area (Å²) in [6.45, 7) is 1.60. The van der Waals surface area contributed by atoms with E-state index in [1.54, 1.807) is 42.5 Å². The van der Waals surface area contributed by atoms with Crippen LogP contribution in [0, 0.1) is 0 Å². The molecule has 0 unspecified atom stereocenters. The molecule has 6 nitrogen and oxygen atoms in total. The Bertz CT molecular complexity index is 1020. The number of Topliss-reactive ketones (excluding diaryl/α,β-unsaturated/α-hetero) is 1. The molecule has 3 rings (SSSR count). The molecule has 0 aliphatic rings. The molecule has 0 bridgehead atoms. The molecule has 0 saturated carbocycles. The van der Waals surface area contributed by atoms with Crippen LogP contribution in [-0.4, -0.2) is 22.4 Å². The normalized spacial score (nSPS) is 12.1. The summed E-state index contributed by atoms with van der Waals surface area (Å²) in [6.07, 6.45) is -1.00. The van der Waals surface area contributed by atoms with Crippen LogP contribution in [0.4, 0.5) is 0 Å².